The number of carboxylic acid groups (broad SMARTS) is 1. The molecule has 0 bridgehead atoms. The van der Waals surface area contributed by atoms with Crippen LogP contribution in [0.1, 0.15) is 45.4 Å². The van der Waals surface area contributed by atoms with Crippen LogP contribution in [-0.2, 0) is 37.5 Å². The first-order valence-corrected chi connectivity index (χ1v) is 3.99. The first-order chi connectivity index (χ1) is 4.77. The first-order valence-electron chi connectivity index (χ1n) is 3.99. The largest absolute Gasteiger partial charge is 0.481 e. The van der Waals surface area contributed by atoms with Gasteiger partial charge in [-0.3, -0.25) is 4.79 Å². The summed E-state index contributed by atoms with van der Waals surface area (Å²) in [5.41, 5.74) is 0. The summed E-state index contributed by atoms with van der Waals surface area (Å²) in [6.07, 6.45) is 5.88. The zero-order valence-electron chi connectivity index (χ0n) is 7.18. The second-order valence-electron chi connectivity index (χ2n) is 2.56. The fourth-order valence-electron chi connectivity index (χ4n) is 0.880. The van der Waals surface area contributed by atoms with E-state index >= 15 is 0 Å². The Morgan fingerprint density at radius 3 is 2.18 bits per heavy atom. The van der Waals surface area contributed by atoms with Gasteiger partial charge in [0, 0.05) is 39.1 Å². The zero-order valence-corrected chi connectivity index (χ0v) is 10.0. The van der Waals surface area contributed by atoms with Crippen LogP contribution < -0.4 is 0 Å². The average molecular weight is 233 g/mol. The smallest absolute Gasteiger partial charge is 0.303 e. The molecule has 0 unspecified atom stereocenters. The average Bonchev–Trinajstić information content (AvgIpc) is 1.87. The van der Waals surface area contributed by atoms with Gasteiger partial charge in [-0.25, -0.2) is 0 Å². The number of rotatable bonds is 6. The van der Waals surface area contributed by atoms with Crippen molar-refractivity contribution < 1.29 is 42.6 Å². The van der Waals surface area contributed by atoms with Crippen LogP contribution in [0.4, 0.5) is 0 Å². The molecule has 0 saturated heterocycles. The molecule has 1 radical (unpaired) electrons. The normalized spacial score (nSPS) is 8.82. The quantitative estimate of drug-likeness (QED) is 0.715. The van der Waals surface area contributed by atoms with E-state index in [0.717, 1.165) is 12.8 Å². The van der Waals surface area contributed by atoms with Crippen molar-refractivity contribution >= 4 is 5.97 Å². The molecule has 0 aliphatic heterocycles. The summed E-state index contributed by atoms with van der Waals surface area (Å²) in [6.45, 7) is 2.15. The predicted molar refractivity (Wildman–Crippen MR) is 41.0 cm³/mol. The van der Waals surface area contributed by atoms with Crippen molar-refractivity contribution in [2.24, 2.45) is 0 Å². The minimum absolute atomic E-state index is 0. The van der Waals surface area contributed by atoms with Crippen molar-refractivity contribution in [1.82, 2.24) is 0 Å². The molecule has 63 valence electrons. The van der Waals surface area contributed by atoms with Gasteiger partial charge in [0.2, 0.25) is 0 Å². The molecular weight excluding hydrogens is 217 g/mol. The third kappa shape index (κ3) is 13.6. The summed E-state index contributed by atoms with van der Waals surface area (Å²) < 4.78 is 0. The Kier molecular flexibility index (Phi) is 13.6. The van der Waals surface area contributed by atoms with Crippen LogP contribution in [-0.4, -0.2) is 11.1 Å². The van der Waals surface area contributed by atoms with Crippen molar-refractivity contribution in [3.05, 3.63) is 0 Å². The maximum atomic E-state index is 10.0. The van der Waals surface area contributed by atoms with E-state index in [1.54, 1.807) is 0 Å². The molecule has 0 saturated carbocycles. The molecule has 1 N–H and O–H groups in total. The number of carboxylic acids is 1. The van der Waals surface area contributed by atoms with E-state index in [1.165, 1.54) is 19.3 Å². The fraction of sp³-hybridized carbons (Fsp3) is 0.875. The van der Waals surface area contributed by atoms with E-state index in [4.69, 9.17) is 5.11 Å². The monoisotopic (exact) mass is 233 g/mol. The minimum Gasteiger partial charge on any atom is -0.481 e. The topological polar surface area (TPSA) is 37.3 Å². The van der Waals surface area contributed by atoms with Crippen molar-refractivity contribution in [3.63, 3.8) is 0 Å². The summed E-state index contributed by atoms with van der Waals surface area (Å²) in [4.78, 5) is 10.0. The van der Waals surface area contributed by atoms with Crippen molar-refractivity contribution in [2.45, 2.75) is 45.4 Å². The maximum Gasteiger partial charge on any atom is 0.303 e. The van der Waals surface area contributed by atoms with Gasteiger partial charge in [-0.05, 0) is 6.42 Å². The standard InChI is InChI=1S/C8H16O2.Y/c1-2-3-4-5-6-7-8(9)10;/h2-7H2,1H3,(H,9,10);. The SMILES string of the molecule is CCCCCCCC(=O)O.[Y]. The summed E-state index contributed by atoms with van der Waals surface area (Å²) >= 11 is 0. The molecule has 0 atom stereocenters. The van der Waals surface area contributed by atoms with Gasteiger partial charge < -0.3 is 5.11 Å². The van der Waals surface area contributed by atoms with Gasteiger partial charge >= 0.3 is 5.97 Å². The summed E-state index contributed by atoms with van der Waals surface area (Å²) in [7, 11) is 0. The zero-order chi connectivity index (χ0) is 7.82. The molecule has 0 aromatic heterocycles. The van der Waals surface area contributed by atoms with Crippen LogP contribution >= 0.6 is 0 Å². The Balaban J connectivity index is 0. The predicted octanol–water partition coefficient (Wildman–Crippen LogP) is 2.43. The van der Waals surface area contributed by atoms with Crippen LogP contribution in [0, 0.1) is 0 Å². The molecular formula is C8H16O2Y. The number of carbonyl (C=O) groups is 1. The first kappa shape index (κ1) is 14.1. The van der Waals surface area contributed by atoms with E-state index in [-0.39, 0.29) is 32.7 Å². The second kappa shape index (κ2) is 10.6. The summed E-state index contributed by atoms with van der Waals surface area (Å²) in [5.74, 6) is -0.670. The Hall–Kier alpha value is 0.574. The molecule has 0 amide bonds. The number of hydrogen-bond donors (Lipinski definition) is 1. The molecule has 3 heteroatoms. The minimum atomic E-state index is -0.670. The molecule has 2 nitrogen and oxygen atoms in total. The van der Waals surface area contributed by atoms with Gasteiger partial charge in [0.25, 0.3) is 0 Å². The number of aliphatic carboxylic acids is 1. The van der Waals surface area contributed by atoms with E-state index in [0.29, 0.717) is 6.42 Å². The van der Waals surface area contributed by atoms with Crippen molar-refractivity contribution in [2.75, 3.05) is 0 Å². The third-order valence-corrected chi connectivity index (χ3v) is 1.49. The van der Waals surface area contributed by atoms with Gasteiger partial charge in [0.05, 0.1) is 0 Å². The van der Waals surface area contributed by atoms with Crippen LogP contribution in [0.3, 0.4) is 0 Å². The van der Waals surface area contributed by atoms with E-state index in [2.05, 4.69) is 6.92 Å². The molecule has 0 rings (SSSR count). The molecule has 0 heterocycles. The van der Waals surface area contributed by atoms with Gasteiger partial charge in [-0.1, -0.05) is 32.6 Å². The van der Waals surface area contributed by atoms with Gasteiger partial charge in [0.15, 0.2) is 0 Å². The van der Waals surface area contributed by atoms with E-state index in [1.807, 2.05) is 0 Å². The Bertz CT molecular complexity index is 94.1. The molecule has 0 aliphatic carbocycles. The molecule has 0 aliphatic rings. The maximum absolute atomic E-state index is 10.0. The molecule has 0 aromatic rings. The molecule has 0 fully saturated rings. The molecule has 11 heavy (non-hydrogen) atoms. The number of unbranched alkanes of at least 4 members (excludes halogenated alkanes) is 4. The van der Waals surface area contributed by atoms with Gasteiger partial charge in [-0.15, -0.1) is 0 Å². The Morgan fingerprint density at radius 2 is 1.73 bits per heavy atom. The summed E-state index contributed by atoms with van der Waals surface area (Å²) in [5, 5.41) is 8.27. The van der Waals surface area contributed by atoms with E-state index in [9.17, 15) is 4.79 Å². The van der Waals surface area contributed by atoms with Crippen LogP contribution in [0.5, 0.6) is 0 Å². The molecule has 0 aromatic carbocycles. The van der Waals surface area contributed by atoms with Gasteiger partial charge in [-0.2, -0.15) is 0 Å². The van der Waals surface area contributed by atoms with Crippen LogP contribution in [0.15, 0.2) is 0 Å². The molecule has 0 spiro atoms. The Labute approximate surface area is 93.6 Å². The third-order valence-electron chi connectivity index (χ3n) is 1.49. The van der Waals surface area contributed by atoms with E-state index < -0.39 is 5.97 Å². The Morgan fingerprint density at radius 1 is 1.18 bits per heavy atom. The summed E-state index contributed by atoms with van der Waals surface area (Å²) in [6, 6.07) is 0. The van der Waals surface area contributed by atoms with Crippen molar-refractivity contribution in [1.29, 1.82) is 0 Å². The van der Waals surface area contributed by atoms with Crippen LogP contribution in [0.25, 0.3) is 0 Å². The number of hydrogen-bond acceptors (Lipinski definition) is 1. The van der Waals surface area contributed by atoms with Gasteiger partial charge in [0.1, 0.15) is 0 Å². The second-order valence-corrected chi connectivity index (χ2v) is 2.56. The van der Waals surface area contributed by atoms with Crippen LogP contribution in [0.2, 0.25) is 0 Å². The fourth-order valence-corrected chi connectivity index (χ4v) is 0.880. The van der Waals surface area contributed by atoms with Crippen molar-refractivity contribution in [3.8, 4) is 0 Å².